The van der Waals surface area contributed by atoms with Crippen LogP contribution in [0.3, 0.4) is 0 Å². The number of aliphatic carboxylic acids is 1. The lowest BCUT2D eigenvalue weighted by atomic mass is 10.1. The van der Waals surface area contributed by atoms with Crippen LogP contribution in [0.2, 0.25) is 0 Å². The number of benzene rings is 2. The van der Waals surface area contributed by atoms with Gasteiger partial charge in [0.05, 0.1) is 19.6 Å². The molecule has 1 aliphatic rings. The zero-order valence-corrected chi connectivity index (χ0v) is 14.6. The maximum Gasteiger partial charge on any atom is 0.307 e. The number of nitrogens with zero attached hydrogens (tertiary/aromatic N) is 1. The summed E-state index contributed by atoms with van der Waals surface area (Å²) in [6.07, 6.45) is 0.913. The fourth-order valence-corrected chi connectivity index (χ4v) is 3.19. The standard InChI is InChI=1S/C21H23NO4/c23-20(24)12-16-6-8-19(9-7-16)21(25)22-11-10-18(13-22)15-26-14-17-4-2-1-3-5-17/h1-9,18H,10-15H2,(H,23,24). The molecule has 0 bridgehead atoms. The van der Waals surface area contributed by atoms with E-state index in [4.69, 9.17) is 9.84 Å². The Kier molecular flexibility index (Phi) is 6.02. The minimum atomic E-state index is -0.873. The molecule has 5 nitrogen and oxygen atoms in total. The summed E-state index contributed by atoms with van der Waals surface area (Å²) in [7, 11) is 0. The summed E-state index contributed by atoms with van der Waals surface area (Å²) < 4.78 is 5.80. The van der Waals surface area contributed by atoms with Crippen molar-refractivity contribution in [1.29, 1.82) is 0 Å². The molecule has 0 radical (unpaired) electrons. The molecule has 0 saturated carbocycles. The molecular weight excluding hydrogens is 330 g/mol. The first kappa shape index (κ1) is 18.1. The Hall–Kier alpha value is -2.66. The number of carboxylic acids is 1. The largest absolute Gasteiger partial charge is 0.481 e. The Morgan fingerprint density at radius 2 is 1.77 bits per heavy atom. The van der Waals surface area contributed by atoms with Gasteiger partial charge in [-0.1, -0.05) is 42.5 Å². The van der Waals surface area contributed by atoms with Gasteiger partial charge in [0.1, 0.15) is 0 Å². The molecule has 1 atom stereocenters. The van der Waals surface area contributed by atoms with E-state index in [0.717, 1.165) is 18.5 Å². The number of hydrogen-bond donors (Lipinski definition) is 1. The summed E-state index contributed by atoms with van der Waals surface area (Å²) in [6, 6.07) is 16.9. The Bertz CT molecular complexity index is 742. The molecule has 136 valence electrons. The molecule has 0 spiro atoms. The molecule has 0 aliphatic carbocycles. The Morgan fingerprint density at radius 3 is 2.46 bits per heavy atom. The van der Waals surface area contributed by atoms with E-state index in [2.05, 4.69) is 0 Å². The van der Waals surface area contributed by atoms with E-state index in [9.17, 15) is 9.59 Å². The quantitative estimate of drug-likeness (QED) is 0.831. The van der Waals surface area contributed by atoms with Crippen LogP contribution in [0, 0.1) is 5.92 Å². The summed E-state index contributed by atoms with van der Waals surface area (Å²) in [4.78, 5) is 25.2. The molecule has 2 aromatic carbocycles. The van der Waals surface area contributed by atoms with Gasteiger partial charge in [-0.15, -0.1) is 0 Å². The summed E-state index contributed by atoms with van der Waals surface area (Å²) in [5.41, 5.74) is 2.45. The van der Waals surface area contributed by atoms with Crippen LogP contribution in [0.15, 0.2) is 54.6 Å². The molecule has 1 unspecified atom stereocenters. The van der Waals surface area contributed by atoms with Crippen molar-refractivity contribution in [2.24, 2.45) is 5.92 Å². The first-order valence-corrected chi connectivity index (χ1v) is 8.83. The number of amides is 1. The first-order chi connectivity index (χ1) is 12.6. The molecule has 2 aromatic rings. The average molecular weight is 353 g/mol. The molecule has 1 amide bonds. The fourth-order valence-electron chi connectivity index (χ4n) is 3.19. The Balaban J connectivity index is 1.47. The Labute approximate surface area is 153 Å². The fraction of sp³-hybridized carbons (Fsp3) is 0.333. The van der Waals surface area contributed by atoms with Gasteiger partial charge < -0.3 is 14.7 Å². The van der Waals surface area contributed by atoms with Gasteiger partial charge in [-0.2, -0.15) is 0 Å². The van der Waals surface area contributed by atoms with Crippen molar-refractivity contribution < 1.29 is 19.4 Å². The van der Waals surface area contributed by atoms with E-state index in [-0.39, 0.29) is 12.3 Å². The molecular formula is C21H23NO4. The zero-order valence-electron chi connectivity index (χ0n) is 14.6. The third-order valence-corrected chi connectivity index (χ3v) is 4.59. The molecule has 26 heavy (non-hydrogen) atoms. The smallest absolute Gasteiger partial charge is 0.307 e. The summed E-state index contributed by atoms with van der Waals surface area (Å²) in [5.74, 6) is -0.520. The zero-order chi connectivity index (χ0) is 18.4. The van der Waals surface area contributed by atoms with Crippen molar-refractivity contribution in [1.82, 2.24) is 4.90 Å². The van der Waals surface area contributed by atoms with Crippen LogP contribution in [-0.2, 0) is 22.6 Å². The highest BCUT2D eigenvalue weighted by atomic mass is 16.5. The van der Waals surface area contributed by atoms with Crippen molar-refractivity contribution in [2.75, 3.05) is 19.7 Å². The van der Waals surface area contributed by atoms with Crippen molar-refractivity contribution >= 4 is 11.9 Å². The van der Waals surface area contributed by atoms with E-state index < -0.39 is 5.97 Å². The van der Waals surface area contributed by atoms with Gasteiger partial charge in [-0.25, -0.2) is 0 Å². The van der Waals surface area contributed by atoms with Crippen molar-refractivity contribution in [3.63, 3.8) is 0 Å². The lowest BCUT2D eigenvalue weighted by Gasteiger charge is -2.17. The maximum absolute atomic E-state index is 12.6. The number of ether oxygens (including phenoxy) is 1. The number of carboxylic acid groups (broad SMARTS) is 1. The lowest BCUT2D eigenvalue weighted by Crippen LogP contribution is -2.29. The van der Waals surface area contributed by atoms with E-state index in [1.807, 2.05) is 35.2 Å². The van der Waals surface area contributed by atoms with E-state index >= 15 is 0 Å². The molecule has 3 rings (SSSR count). The Morgan fingerprint density at radius 1 is 1.04 bits per heavy atom. The summed E-state index contributed by atoms with van der Waals surface area (Å²) in [6.45, 7) is 2.67. The van der Waals surface area contributed by atoms with E-state index in [1.165, 1.54) is 0 Å². The predicted octanol–water partition coefficient (Wildman–Crippen LogP) is 2.99. The normalized spacial score (nSPS) is 16.6. The van der Waals surface area contributed by atoms with Crippen LogP contribution in [0.5, 0.6) is 0 Å². The molecule has 1 N–H and O–H groups in total. The number of rotatable bonds is 7. The third-order valence-electron chi connectivity index (χ3n) is 4.59. The average Bonchev–Trinajstić information content (AvgIpc) is 3.11. The highest BCUT2D eigenvalue weighted by Crippen LogP contribution is 2.20. The van der Waals surface area contributed by atoms with Crippen molar-refractivity contribution in [2.45, 2.75) is 19.4 Å². The van der Waals surface area contributed by atoms with Gasteiger partial charge in [-0.05, 0) is 29.7 Å². The summed E-state index contributed by atoms with van der Waals surface area (Å²) in [5, 5.41) is 8.80. The monoisotopic (exact) mass is 353 g/mol. The lowest BCUT2D eigenvalue weighted by molar-refractivity contribution is -0.136. The van der Waals surface area contributed by atoms with Crippen LogP contribution in [-0.4, -0.2) is 41.6 Å². The minimum Gasteiger partial charge on any atom is -0.481 e. The van der Waals surface area contributed by atoms with Crippen LogP contribution < -0.4 is 0 Å². The second kappa shape index (κ2) is 8.63. The number of likely N-dealkylation sites (tertiary alicyclic amines) is 1. The molecule has 1 saturated heterocycles. The van der Waals surface area contributed by atoms with Crippen molar-refractivity contribution in [3.8, 4) is 0 Å². The van der Waals surface area contributed by atoms with E-state index in [0.29, 0.717) is 36.8 Å². The highest BCUT2D eigenvalue weighted by molar-refractivity contribution is 5.94. The third kappa shape index (κ3) is 4.92. The molecule has 1 aliphatic heterocycles. The van der Waals surface area contributed by atoms with Crippen LogP contribution in [0.1, 0.15) is 27.9 Å². The number of carbonyl (C=O) groups is 2. The molecule has 1 heterocycles. The van der Waals surface area contributed by atoms with Gasteiger partial charge in [0.25, 0.3) is 5.91 Å². The second-order valence-electron chi connectivity index (χ2n) is 6.67. The van der Waals surface area contributed by atoms with Gasteiger partial charge in [0.2, 0.25) is 0 Å². The molecule has 1 fully saturated rings. The van der Waals surface area contributed by atoms with Crippen LogP contribution in [0.25, 0.3) is 0 Å². The molecule has 0 aromatic heterocycles. The SMILES string of the molecule is O=C(O)Cc1ccc(C(=O)N2CCC(COCc3ccccc3)C2)cc1. The highest BCUT2D eigenvalue weighted by Gasteiger charge is 2.27. The van der Waals surface area contributed by atoms with Gasteiger partial charge >= 0.3 is 5.97 Å². The number of hydrogen-bond acceptors (Lipinski definition) is 3. The first-order valence-electron chi connectivity index (χ1n) is 8.83. The van der Waals surface area contributed by atoms with Crippen LogP contribution >= 0.6 is 0 Å². The maximum atomic E-state index is 12.6. The van der Waals surface area contributed by atoms with Crippen molar-refractivity contribution in [3.05, 3.63) is 71.3 Å². The van der Waals surface area contributed by atoms with Gasteiger partial charge in [-0.3, -0.25) is 9.59 Å². The number of carbonyl (C=O) groups excluding carboxylic acids is 1. The van der Waals surface area contributed by atoms with Gasteiger partial charge in [0.15, 0.2) is 0 Å². The summed E-state index contributed by atoms with van der Waals surface area (Å²) >= 11 is 0. The topological polar surface area (TPSA) is 66.8 Å². The predicted molar refractivity (Wildman–Crippen MR) is 97.9 cm³/mol. The van der Waals surface area contributed by atoms with Crippen LogP contribution in [0.4, 0.5) is 0 Å². The minimum absolute atomic E-state index is 0.00238. The second-order valence-corrected chi connectivity index (χ2v) is 6.67. The van der Waals surface area contributed by atoms with E-state index in [1.54, 1.807) is 24.3 Å². The van der Waals surface area contributed by atoms with Gasteiger partial charge in [0, 0.05) is 24.6 Å². The molecule has 5 heteroatoms.